The third-order valence-corrected chi connectivity index (χ3v) is 5.45. The van der Waals surface area contributed by atoms with Crippen molar-refractivity contribution in [3.05, 3.63) is 18.1 Å². The van der Waals surface area contributed by atoms with Crippen molar-refractivity contribution in [3.8, 4) is 0 Å². The van der Waals surface area contributed by atoms with Gasteiger partial charge in [-0.2, -0.15) is 13.2 Å². The average molecular weight is 386 g/mol. The summed E-state index contributed by atoms with van der Waals surface area (Å²) in [6, 6.07) is 1.61. The number of piperidine rings is 1. The van der Waals surface area contributed by atoms with Crippen LogP contribution in [0.1, 0.15) is 31.4 Å². The van der Waals surface area contributed by atoms with E-state index in [2.05, 4.69) is 19.8 Å². The van der Waals surface area contributed by atoms with Crippen LogP contribution >= 0.6 is 0 Å². The Kier molecular flexibility index (Phi) is 5.52. The molecule has 6 nitrogen and oxygen atoms in total. The zero-order valence-corrected chi connectivity index (χ0v) is 15.2. The standard InChI is InChI=1S/C18H25F3N4O2/c19-18(20,21)16-9-17(23-12-22-16)25(13-1-2-13)14-3-5-24(6-4-14)10-15-11-26-7-8-27-15/h9,12-15H,1-8,10-11H2. The van der Waals surface area contributed by atoms with Crippen LogP contribution in [0.25, 0.3) is 0 Å². The Bertz CT molecular complexity index is 627. The molecule has 3 aliphatic rings. The molecule has 9 heteroatoms. The highest BCUT2D eigenvalue weighted by molar-refractivity contribution is 5.44. The Morgan fingerprint density at radius 2 is 1.81 bits per heavy atom. The predicted octanol–water partition coefficient (Wildman–Crippen LogP) is 2.34. The molecule has 1 atom stereocenters. The van der Waals surface area contributed by atoms with Gasteiger partial charge in [0.15, 0.2) is 0 Å². The maximum absolute atomic E-state index is 13.0. The fourth-order valence-electron chi connectivity index (χ4n) is 3.98. The van der Waals surface area contributed by atoms with Crippen LogP contribution in [0.3, 0.4) is 0 Å². The van der Waals surface area contributed by atoms with Gasteiger partial charge in [-0.1, -0.05) is 0 Å². The van der Waals surface area contributed by atoms with Crippen LogP contribution in [0.4, 0.5) is 19.0 Å². The van der Waals surface area contributed by atoms with E-state index in [-0.39, 0.29) is 12.1 Å². The lowest BCUT2D eigenvalue weighted by Crippen LogP contribution is -2.49. The Morgan fingerprint density at radius 1 is 1.07 bits per heavy atom. The summed E-state index contributed by atoms with van der Waals surface area (Å²) in [5, 5.41) is 0. The van der Waals surface area contributed by atoms with Crippen molar-refractivity contribution < 1.29 is 22.6 Å². The molecule has 2 saturated heterocycles. The number of alkyl halides is 3. The van der Waals surface area contributed by atoms with Gasteiger partial charge in [-0.15, -0.1) is 0 Å². The van der Waals surface area contributed by atoms with E-state index in [1.165, 1.54) is 0 Å². The second-order valence-corrected chi connectivity index (χ2v) is 7.50. The van der Waals surface area contributed by atoms with Crippen LogP contribution in [-0.2, 0) is 15.7 Å². The number of rotatable bonds is 5. The minimum atomic E-state index is -4.45. The lowest BCUT2D eigenvalue weighted by atomic mass is 10.0. The second-order valence-electron chi connectivity index (χ2n) is 7.50. The van der Waals surface area contributed by atoms with Crippen molar-refractivity contribution >= 4 is 5.82 Å². The molecule has 0 spiro atoms. The summed E-state index contributed by atoms with van der Waals surface area (Å²) in [6.45, 7) is 4.60. The zero-order chi connectivity index (χ0) is 18.9. The first-order valence-electron chi connectivity index (χ1n) is 9.60. The molecule has 1 aliphatic carbocycles. The lowest BCUT2D eigenvalue weighted by molar-refractivity contribution is -0.141. The first-order chi connectivity index (χ1) is 13.0. The highest BCUT2D eigenvalue weighted by Gasteiger charge is 2.39. The Hall–Kier alpha value is -1.45. The van der Waals surface area contributed by atoms with E-state index in [0.717, 1.165) is 57.7 Å². The molecule has 0 aromatic carbocycles. The topological polar surface area (TPSA) is 50.7 Å². The smallest absolute Gasteiger partial charge is 0.376 e. The van der Waals surface area contributed by atoms with E-state index in [0.29, 0.717) is 31.7 Å². The summed E-state index contributed by atoms with van der Waals surface area (Å²) in [6.07, 6.45) is 0.551. The molecule has 2 aliphatic heterocycles. The highest BCUT2D eigenvalue weighted by atomic mass is 19.4. The van der Waals surface area contributed by atoms with Crippen molar-refractivity contribution in [1.29, 1.82) is 0 Å². The Morgan fingerprint density at radius 3 is 2.44 bits per heavy atom. The molecule has 1 unspecified atom stereocenters. The molecule has 0 N–H and O–H groups in total. The van der Waals surface area contributed by atoms with Gasteiger partial charge in [-0.3, -0.25) is 0 Å². The number of anilines is 1. The number of nitrogens with zero attached hydrogens (tertiary/aromatic N) is 4. The van der Waals surface area contributed by atoms with Crippen molar-refractivity contribution in [3.63, 3.8) is 0 Å². The normalized spacial score (nSPS) is 25.5. The summed E-state index contributed by atoms with van der Waals surface area (Å²) in [4.78, 5) is 12.0. The fourth-order valence-corrected chi connectivity index (χ4v) is 3.98. The lowest BCUT2D eigenvalue weighted by Gasteiger charge is -2.40. The van der Waals surface area contributed by atoms with E-state index in [9.17, 15) is 13.2 Å². The van der Waals surface area contributed by atoms with E-state index in [1.54, 1.807) is 0 Å². The Labute approximate surface area is 156 Å². The van der Waals surface area contributed by atoms with E-state index in [4.69, 9.17) is 9.47 Å². The monoisotopic (exact) mass is 386 g/mol. The molecule has 1 saturated carbocycles. The van der Waals surface area contributed by atoms with Gasteiger partial charge in [-0.05, 0) is 25.7 Å². The van der Waals surface area contributed by atoms with Gasteiger partial charge in [0.2, 0.25) is 0 Å². The van der Waals surface area contributed by atoms with Crippen molar-refractivity contribution in [2.24, 2.45) is 0 Å². The van der Waals surface area contributed by atoms with Crippen LogP contribution in [0.2, 0.25) is 0 Å². The van der Waals surface area contributed by atoms with Crippen LogP contribution in [0, 0.1) is 0 Å². The van der Waals surface area contributed by atoms with E-state index in [1.807, 2.05) is 0 Å². The molecule has 1 aromatic heterocycles. The number of aromatic nitrogens is 2. The van der Waals surface area contributed by atoms with Crippen LogP contribution in [-0.4, -0.2) is 72.5 Å². The zero-order valence-electron chi connectivity index (χ0n) is 15.2. The molecule has 1 aromatic rings. The second kappa shape index (κ2) is 7.89. The maximum atomic E-state index is 13.0. The summed E-state index contributed by atoms with van der Waals surface area (Å²) < 4.78 is 50.2. The SMILES string of the molecule is FC(F)(F)c1cc(N(C2CC2)C2CCN(CC3COCCO3)CC2)ncn1. The van der Waals surface area contributed by atoms with Gasteiger partial charge in [0.25, 0.3) is 0 Å². The van der Waals surface area contributed by atoms with Crippen molar-refractivity contribution in [1.82, 2.24) is 14.9 Å². The van der Waals surface area contributed by atoms with Gasteiger partial charge < -0.3 is 19.3 Å². The van der Waals surface area contributed by atoms with Crippen LogP contribution in [0.5, 0.6) is 0 Å². The minimum Gasteiger partial charge on any atom is -0.376 e. The molecule has 4 rings (SSSR count). The molecular formula is C18H25F3N4O2. The van der Waals surface area contributed by atoms with Crippen molar-refractivity contribution in [2.75, 3.05) is 44.4 Å². The van der Waals surface area contributed by atoms with Crippen LogP contribution in [0.15, 0.2) is 12.4 Å². The summed E-state index contributed by atoms with van der Waals surface area (Å²) in [5.41, 5.74) is -0.870. The van der Waals surface area contributed by atoms with Gasteiger partial charge in [-0.25, -0.2) is 9.97 Å². The molecule has 3 fully saturated rings. The molecule has 3 heterocycles. The van der Waals surface area contributed by atoms with Crippen LogP contribution < -0.4 is 4.90 Å². The largest absolute Gasteiger partial charge is 0.433 e. The van der Waals surface area contributed by atoms with Gasteiger partial charge >= 0.3 is 6.18 Å². The number of ether oxygens (including phenoxy) is 2. The molecule has 0 radical (unpaired) electrons. The predicted molar refractivity (Wildman–Crippen MR) is 92.6 cm³/mol. The van der Waals surface area contributed by atoms with E-state index >= 15 is 0 Å². The molecular weight excluding hydrogens is 361 g/mol. The Balaban J connectivity index is 1.39. The summed E-state index contributed by atoms with van der Waals surface area (Å²) in [5.74, 6) is 0.405. The third-order valence-electron chi connectivity index (χ3n) is 5.45. The number of hydrogen-bond donors (Lipinski definition) is 0. The maximum Gasteiger partial charge on any atom is 0.433 e. The van der Waals surface area contributed by atoms with Gasteiger partial charge in [0, 0.05) is 37.8 Å². The third kappa shape index (κ3) is 4.70. The minimum absolute atomic E-state index is 0.117. The fraction of sp³-hybridized carbons (Fsp3) is 0.778. The quantitative estimate of drug-likeness (QED) is 0.774. The van der Waals surface area contributed by atoms with E-state index < -0.39 is 11.9 Å². The highest BCUT2D eigenvalue weighted by Crippen LogP contribution is 2.37. The molecule has 0 bridgehead atoms. The summed E-state index contributed by atoms with van der Waals surface area (Å²) >= 11 is 0. The number of hydrogen-bond acceptors (Lipinski definition) is 6. The molecule has 0 amide bonds. The van der Waals surface area contributed by atoms with Gasteiger partial charge in [0.05, 0.1) is 25.9 Å². The first kappa shape index (κ1) is 18.9. The number of likely N-dealkylation sites (tertiary alicyclic amines) is 1. The number of halogens is 3. The first-order valence-corrected chi connectivity index (χ1v) is 9.60. The van der Waals surface area contributed by atoms with Gasteiger partial charge in [0.1, 0.15) is 17.8 Å². The molecule has 27 heavy (non-hydrogen) atoms. The van der Waals surface area contributed by atoms with Crippen molar-refractivity contribution in [2.45, 2.75) is 50.0 Å². The average Bonchev–Trinajstić information content (AvgIpc) is 3.49. The summed E-state index contributed by atoms with van der Waals surface area (Å²) in [7, 11) is 0. The molecule has 150 valence electrons.